The first-order valence-corrected chi connectivity index (χ1v) is 12.3. The van der Waals surface area contributed by atoms with Gasteiger partial charge in [-0.25, -0.2) is 0 Å². The number of hydrogen-bond acceptors (Lipinski definition) is 2. The lowest BCUT2D eigenvalue weighted by atomic mass is 9.79. The van der Waals surface area contributed by atoms with Crippen molar-refractivity contribution in [3.63, 3.8) is 0 Å². The zero-order valence-electron chi connectivity index (χ0n) is 19.3. The molecule has 1 fully saturated rings. The van der Waals surface area contributed by atoms with E-state index in [1.165, 1.54) is 103 Å². The number of rotatable bonds is 17. The minimum atomic E-state index is 0.0724. The molecule has 2 nitrogen and oxygen atoms in total. The topological polar surface area (TPSA) is 26.3 Å². The van der Waals surface area contributed by atoms with Gasteiger partial charge >= 0.3 is 0 Å². The van der Waals surface area contributed by atoms with Crippen molar-refractivity contribution in [3.8, 4) is 0 Å². The highest BCUT2D eigenvalue weighted by molar-refractivity contribution is 5.55. The fourth-order valence-corrected chi connectivity index (χ4v) is 4.20. The molecular formula is C26H48O2. The molecule has 1 aliphatic rings. The van der Waals surface area contributed by atoms with E-state index in [1.54, 1.807) is 0 Å². The molecule has 0 aromatic heterocycles. The van der Waals surface area contributed by atoms with Crippen molar-refractivity contribution in [2.45, 2.75) is 136 Å². The van der Waals surface area contributed by atoms with Gasteiger partial charge in [-0.05, 0) is 50.4 Å². The zero-order chi connectivity index (χ0) is 20.5. The Kier molecular flexibility index (Phi) is 15.1. The predicted molar refractivity (Wildman–Crippen MR) is 121 cm³/mol. The lowest BCUT2D eigenvalue weighted by Crippen LogP contribution is -2.21. The van der Waals surface area contributed by atoms with Crippen molar-refractivity contribution in [2.75, 3.05) is 6.61 Å². The van der Waals surface area contributed by atoms with Gasteiger partial charge in [-0.2, -0.15) is 0 Å². The van der Waals surface area contributed by atoms with Crippen LogP contribution in [0, 0.1) is 17.8 Å². The van der Waals surface area contributed by atoms with E-state index in [0.29, 0.717) is 6.10 Å². The van der Waals surface area contributed by atoms with Gasteiger partial charge in [-0.15, -0.1) is 0 Å². The van der Waals surface area contributed by atoms with Gasteiger partial charge in [0.05, 0.1) is 6.10 Å². The summed E-state index contributed by atoms with van der Waals surface area (Å²) < 4.78 is 5.98. The average Bonchev–Trinajstić information content (AvgIpc) is 2.67. The minimum Gasteiger partial charge on any atom is -0.378 e. The van der Waals surface area contributed by atoms with E-state index < -0.39 is 0 Å². The van der Waals surface area contributed by atoms with E-state index in [9.17, 15) is 4.79 Å². The van der Waals surface area contributed by atoms with Gasteiger partial charge in [-0.3, -0.25) is 4.79 Å². The molecule has 164 valence electrons. The fraction of sp³-hybridized carbons (Fsp3) is 0.923. The molecule has 0 heterocycles. The quantitative estimate of drug-likeness (QED) is 0.234. The molecule has 0 N–H and O–H groups in total. The number of hydrogen-bond donors (Lipinski definition) is 0. The standard InChI is InChI=1S/C26H48O2/c1-26(2,3)24(23-27)19-15-12-10-8-6-4-5-7-9-11-13-18-22-28-25-20-16-14-17-21-25/h14,24-25H,4-13,15-22H2,1-3H3. The summed E-state index contributed by atoms with van der Waals surface area (Å²) in [7, 11) is 0. The highest BCUT2D eigenvalue weighted by Gasteiger charge is 2.24. The van der Waals surface area contributed by atoms with Crippen molar-refractivity contribution in [1.29, 1.82) is 0 Å². The Hall–Kier alpha value is -0.370. The van der Waals surface area contributed by atoms with Crippen LogP contribution < -0.4 is 0 Å². The molecule has 0 aromatic rings. The summed E-state index contributed by atoms with van der Waals surface area (Å²) in [5.74, 6) is 0.102. The van der Waals surface area contributed by atoms with Crippen molar-refractivity contribution in [1.82, 2.24) is 0 Å². The Bertz CT molecular complexity index is 352. The largest absolute Gasteiger partial charge is 0.378 e. The second-order valence-corrected chi connectivity index (χ2v) is 10.0. The third-order valence-electron chi connectivity index (χ3n) is 6.31. The van der Waals surface area contributed by atoms with Crippen LogP contribution in [0.3, 0.4) is 0 Å². The van der Waals surface area contributed by atoms with Gasteiger partial charge in [0.1, 0.15) is 0 Å². The molecule has 0 aromatic carbocycles. The Morgan fingerprint density at radius 2 is 1.29 bits per heavy atom. The molecule has 1 aliphatic carbocycles. The van der Waals surface area contributed by atoms with Crippen molar-refractivity contribution in [3.05, 3.63) is 6.42 Å². The number of ether oxygens (including phenoxy) is 1. The van der Waals surface area contributed by atoms with Crippen LogP contribution in [0.1, 0.15) is 130 Å². The van der Waals surface area contributed by atoms with Crippen LogP contribution in [0.15, 0.2) is 0 Å². The molecule has 1 unspecified atom stereocenters. The molecule has 0 bridgehead atoms. The highest BCUT2D eigenvalue weighted by Crippen LogP contribution is 2.28. The van der Waals surface area contributed by atoms with E-state index in [2.05, 4.69) is 33.5 Å². The molecule has 0 amide bonds. The zero-order valence-corrected chi connectivity index (χ0v) is 19.3. The monoisotopic (exact) mass is 392 g/mol. The number of unbranched alkanes of at least 4 members (excludes halogenated alkanes) is 11. The van der Waals surface area contributed by atoms with Gasteiger partial charge in [0, 0.05) is 12.5 Å². The smallest absolute Gasteiger partial charge is 0.202 e. The Balaban J connectivity index is 1.75. The van der Waals surface area contributed by atoms with Gasteiger partial charge in [-0.1, -0.05) is 91.4 Å². The van der Waals surface area contributed by atoms with Crippen LogP contribution in [0.2, 0.25) is 0 Å². The Labute approximate surface area is 176 Å². The summed E-state index contributed by atoms with van der Waals surface area (Å²) >= 11 is 0. The maximum Gasteiger partial charge on any atom is 0.202 e. The molecule has 0 aliphatic heterocycles. The van der Waals surface area contributed by atoms with Crippen LogP contribution in [0.5, 0.6) is 0 Å². The molecule has 2 radical (unpaired) electrons. The van der Waals surface area contributed by atoms with Gasteiger partial charge < -0.3 is 4.74 Å². The molecule has 1 rings (SSSR count). The maximum atomic E-state index is 11.1. The molecule has 0 spiro atoms. The van der Waals surface area contributed by atoms with E-state index in [1.807, 2.05) is 0 Å². The van der Waals surface area contributed by atoms with Gasteiger partial charge in [0.2, 0.25) is 6.29 Å². The molecule has 28 heavy (non-hydrogen) atoms. The van der Waals surface area contributed by atoms with Gasteiger partial charge in [0.15, 0.2) is 0 Å². The molecule has 1 atom stereocenters. The second kappa shape index (κ2) is 16.4. The van der Waals surface area contributed by atoms with Gasteiger partial charge in [0.25, 0.3) is 0 Å². The number of carbonyl (C=O) groups excluding carboxylic acids is 1. The maximum absolute atomic E-state index is 11.1. The van der Waals surface area contributed by atoms with Crippen LogP contribution in [0.4, 0.5) is 0 Å². The molecular weight excluding hydrogens is 344 g/mol. The lowest BCUT2D eigenvalue weighted by molar-refractivity contribution is 0.0326. The van der Waals surface area contributed by atoms with Crippen molar-refractivity contribution in [2.24, 2.45) is 11.3 Å². The Morgan fingerprint density at radius 1 is 0.821 bits per heavy atom. The van der Waals surface area contributed by atoms with E-state index in [0.717, 1.165) is 13.0 Å². The second-order valence-electron chi connectivity index (χ2n) is 10.0. The first-order valence-electron chi connectivity index (χ1n) is 12.3. The predicted octanol–water partition coefficient (Wildman–Crippen LogP) is 7.99. The normalized spacial score (nSPS) is 17.0. The van der Waals surface area contributed by atoms with Crippen molar-refractivity contribution >= 4 is 6.29 Å². The van der Waals surface area contributed by atoms with Crippen LogP contribution in [-0.2, 0) is 9.53 Å². The third kappa shape index (κ3) is 13.7. The molecule has 0 saturated heterocycles. The lowest BCUT2D eigenvalue weighted by Gasteiger charge is -2.25. The first kappa shape index (κ1) is 25.7. The fourth-order valence-electron chi connectivity index (χ4n) is 4.20. The molecule has 2 heteroatoms. The third-order valence-corrected chi connectivity index (χ3v) is 6.31. The minimum absolute atomic E-state index is 0.0724. The summed E-state index contributed by atoms with van der Waals surface area (Å²) in [5.41, 5.74) is 0.0724. The van der Waals surface area contributed by atoms with Crippen molar-refractivity contribution < 1.29 is 9.53 Å². The van der Waals surface area contributed by atoms with Crippen LogP contribution >= 0.6 is 0 Å². The molecule has 1 saturated carbocycles. The summed E-state index contributed by atoms with van der Waals surface area (Å²) in [5, 5.41) is 0. The van der Waals surface area contributed by atoms with E-state index in [4.69, 9.17) is 4.74 Å². The van der Waals surface area contributed by atoms with E-state index in [-0.39, 0.29) is 11.3 Å². The van der Waals surface area contributed by atoms with E-state index >= 15 is 0 Å². The van der Waals surface area contributed by atoms with Crippen LogP contribution in [0.25, 0.3) is 0 Å². The van der Waals surface area contributed by atoms with Crippen LogP contribution in [-0.4, -0.2) is 19.0 Å². The SMILES string of the molecule is CC(C)(C)C([C]=O)CCCCCCCCCCCCCCOC1CC[CH]CC1. The summed E-state index contributed by atoms with van der Waals surface area (Å²) in [6.45, 7) is 7.42. The average molecular weight is 393 g/mol. The Morgan fingerprint density at radius 3 is 1.75 bits per heavy atom. The summed E-state index contributed by atoms with van der Waals surface area (Å²) in [6.07, 6.45) is 27.3. The highest BCUT2D eigenvalue weighted by atomic mass is 16.5. The summed E-state index contributed by atoms with van der Waals surface area (Å²) in [6, 6.07) is 0. The summed E-state index contributed by atoms with van der Waals surface area (Å²) in [4.78, 5) is 11.1. The first-order chi connectivity index (χ1) is 13.5.